The highest BCUT2D eigenvalue weighted by Gasteiger charge is 2.13. The zero-order valence-electron chi connectivity index (χ0n) is 10.7. The SMILES string of the molecule is CNCc1cc(F)c(OCc2cc(C)on2)c(F)c1. The van der Waals surface area contributed by atoms with E-state index in [1.807, 2.05) is 0 Å². The fraction of sp³-hybridized carbons (Fsp3) is 0.308. The third-order valence-corrected chi connectivity index (χ3v) is 2.48. The number of halogens is 2. The van der Waals surface area contributed by atoms with E-state index in [2.05, 4.69) is 10.5 Å². The first-order chi connectivity index (χ1) is 9.10. The van der Waals surface area contributed by atoms with Crippen LogP contribution in [0.25, 0.3) is 0 Å². The Morgan fingerprint density at radius 1 is 1.26 bits per heavy atom. The van der Waals surface area contributed by atoms with E-state index < -0.39 is 17.4 Å². The zero-order valence-corrected chi connectivity index (χ0v) is 10.7. The molecule has 0 unspecified atom stereocenters. The molecule has 0 fully saturated rings. The van der Waals surface area contributed by atoms with E-state index in [-0.39, 0.29) is 6.61 Å². The first-order valence-corrected chi connectivity index (χ1v) is 5.77. The Balaban J connectivity index is 2.11. The van der Waals surface area contributed by atoms with Gasteiger partial charge in [-0.3, -0.25) is 0 Å². The van der Waals surface area contributed by atoms with Gasteiger partial charge >= 0.3 is 0 Å². The van der Waals surface area contributed by atoms with Gasteiger partial charge in [0, 0.05) is 12.6 Å². The summed E-state index contributed by atoms with van der Waals surface area (Å²) in [5, 5.41) is 6.50. The summed E-state index contributed by atoms with van der Waals surface area (Å²) in [7, 11) is 1.70. The summed E-state index contributed by atoms with van der Waals surface area (Å²) in [5.74, 6) is -1.25. The molecule has 0 amide bonds. The van der Waals surface area contributed by atoms with Crippen LogP contribution in [0, 0.1) is 18.6 Å². The van der Waals surface area contributed by atoms with Crippen molar-refractivity contribution < 1.29 is 18.0 Å². The van der Waals surface area contributed by atoms with E-state index in [0.29, 0.717) is 23.6 Å². The highest BCUT2D eigenvalue weighted by atomic mass is 19.1. The van der Waals surface area contributed by atoms with Crippen molar-refractivity contribution in [3.8, 4) is 5.75 Å². The van der Waals surface area contributed by atoms with Gasteiger partial charge in [0.1, 0.15) is 18.1 Å². The van der Waals surface area contributed by atoms with Crippen molar-refractivity contribution >= 4 is 0 Å². The first kappa shape index (κ1) is 13.5. The Morgan fingerprint density at radius 3 is 2.47 bits per heavy atom. The van der Waals surface area contributed by atoms with Crippen LogP contribution in [0.5, 0.6) is 5.75 Å². The predicted molar refractivity (Wildman–Crippen MR) is 64.7 cm³/mol. The molecule has 0 saturated heterocycles. The van der Waals surface area contributed by atoms with Gasteiger partial charge in [0.2, 0.25) is 0 Å². The monoisotopic (exact) mass is 268 g/mol. The number of nitrogens with one attached hydrogen (secondary N) is 1. The summed E-state index contributed by atoms with van der Waals surface area (Å²) in [5.41, 5.74) is 0.998. The molecule has 0 bridgehead atoms. The van der Waals surface area contributed by atoms with Crippen LogP contribution >= 0.6 is 0 Å². The second kappa shape index (κ2) is 5.79. The number of aryl methyl sites for hydroxylation is 1. The Morgan fingerprint density at radius 2 is 1.95 bits per heavy atom. The van der Waals surface area contributed by atoms with Crippen LogP contribution in [0.1, 0.15) is 17.0 Å². The molecule has 0 aliphatic heterocycles. The topological polar surface area (TPSA) is 47.3 Å². The van der Waals surface area contributed by atoms with Crippen LogP contribution < -0.4 is 10.1 Å². The van der Waals surface area contributed by atoms with E-state index in [4.69, 9.17) is 9.26 Å². The fourth-order valence-electron chi connectivity index (χ4n) is 1.69. The lowest BCUT2D eigenvalue weighted by Gasteiger charge is -2.08. The molecule has 0 spiro atoms. The molecule has 0 radical (unpaired) electrons. The van der Waals surface area contributed by atoms with Crippen molar-refractivity contribution in [1.82, 2.24) is 10.5 Å². The van der Waals surface area contributed by atoms with Crippen molar-refractivity contribution in [1.29, 1.82) is 0 Å². The lowest BCUT2D eigenvalue weighted by Crippen LogP contribution is -2.07. The quantitative estimate of drug-likeness (QED) is 0.905. The van der Waals surface area contributed by atoms with E-state index in [0.717, 1.165) is 0 Å². The zero-order chi connectivity index (χ0) is 13.8. The maximum Gasteiger partial charge on any atom is 0.191 e. The Bertz CT molecular complexity index is 547. The third-order valence-electron chi connectivity index (χ3n) is 2.48. The Hall–Kier alpha value is -1.95. The van der Waals surface area contributed by atoms with Gasteiger partial charge in [-0.1, -0.05) is 5.16 Å². The summed E-state index contributed by atoms with van der Waals surface area (Å²) in [6.45, 7) is 2.07. The van der Waals surface area contributed by atoms with Crippen LogP contribution in [0.4, 0.5) is 8.78 Å². The average molecular weight is 268 g/mol. The predicted octanol–water partition coefficient (Wildman–Crippen LogP) is 2.56. The highest BCUT2D eigenvalue weighted by molar-refractivity contribution is 5.31. The van der Waals surface area contributed by atoms with Gasteiger partial charge in [0.25, 0.3) is 0 Å². The minimum Gasteiger partial charge on any atom is -0.481 e. The third kappa shape index (κ3) is 3.29. The molecule has 1 aromatic carbocycles. The standard InChI is InChI=1S/C13H14F2N2O2/c1-8-3-10(17-19-8)7-18-13-11(14)4-9(6-16-2)5-12(13)15/h3-5,16H,6-7H2,1-2H3. The molecule has 0 saturated carbocycles. The van der Waals surface area contributed by atoms with Crippen molar-refractivity contribution in [2.24, 2.45) is 0 Å². The fourth-order valence-corrected chi connectivity index (χ4v) is 1.69. The molecular weight excluding hydrogens is 254 g/mol. The Labute approximate surface area is 109 Å². The van der Waals surface area contributed by atoms with Gasteiger partial charge in [-0.05, 0) is 31.7 Å². The highest BCUT2D eigenvalue weighted by Crippen LogP contribution is 2.24. The van der Waals surface area contributed by atoms with Crippen molar-refractivity contribution in [2.75, 3.05) is 7.05 Å². The average Bonchev–Trinajstić information content (AvgIpc) is 2.74. The first-order valence-electron chi connectivity index (χ1n) is 5.77. The van der Waals surface area contributed by atoms with Crippen LogP contribution in [-0.2, 0) is 13.2 Å². The van der Waals surface area contributed by atoms with Gasteiger partial charge in [0.05, 0.1) is 0 Å². The number of aromatic nitrogens is 1. The number of ether oxygens (including phenoxy) is 1. The molecule has 1 N–H and O–H groups in total. The molecule has 0 atom stereocenters. The smallest absolute Gasteiger partial charge is 0.191 e. The number of benzene rings is 1. The molecule has 2 rings (SSSR count). The van der Waals surface area contributed by atoms with Crippen molar-refractivity contribution in [2.45, 2.75) is 20.1 Å². The molecule has 4 nitrogen and oxygen atoms in total. The number of nitrogens with zero attached hydrogens (tertiary/aromatic N) is 1. The summed E-state index contributed by atoms with van der Waals surface area (Å²) in [4.78, 5) is 0. The summed E-state index contributed by atoms with van der Waals surface area (Å²) in [6.07, 6.45) is 0. The van der Waals surface area contributed by atoms with Gasteiger partial charge in [-0.15, -0.1) is 0 Å². The van der Waals surface area contributed by atoms with E-state index in [1.165, 1.54) is 12.1 Å². The second-order valence-electron chi connectivity index (χ2n) is 4.14. The van der Waals surface area contributed by atoms with Crippen LogP contribution in [-0.4, -0.2) is 12.2 Å². The number of hydrogen-bond acceptors (Lipinski definition) is 4. The van der Waals surface area contributed by atoms with Gasteiger partial charge < -0.3 is 14.6 Å². The number of rotatable bonds is 5. The maximum atomic E-state index is 13.7. The molecule has 1 heterocycles. The van der Waals surface area contributed by atoms with E-state index in [1.54, 1.807) is 20.0 Å². The van der Waals surface area contributed by atoms with Crippen LogP contribution in [0.15, 0.2) is 22.7 Å². The maximum absolute atomic E-state index is 13.7. The lowest BCUT2D eigenvalue weighted by atomic mass is 10.2. The van der Waals surface area contributed by atoms with Crippen molar-refractivity contribution in [3.63, 3.8) is 0 Å². The van der Waals surface area contributed by atoms with Gasteiger partial charge in [-0.25, -0.2) is 8.78 Å². The van der Waals surface area contributed by atoms with Crippen LogP contribution in [0.2, 0.25) is 0 Å². The molecule has 0 aliphatic carbocycles. The molecule has 2 aromatic rings. The Kier molecular flexibility index (Phi) is 4.11. The number of hydrogen-bond donors (Lipinski definition) is 1. The molecule has 19 heavy (non-hydrogen) atoms. The second-order valence-corrected chi connectivity index (χ2v) is 4.14. The van der Waals surface area contributed by atoms with E-state index >= 15 is 0 Å². The summed E-state index contributed by atoms with van der Waals surface area (Å²) in [6, 6.07) is 4.12. The van der Waals surface area contributed by atoms with Gasteiger partial charge in [0.15, 0.2) is 17.4 Å². The minimum atomic E-state index is -0.731. The summed E-state index contributed by atoms with van der Waals surface area (Å²) < 4.78 is 37.4. The molecule has 1 aromatic heterocycles. The van der Waals surface area contributed by atoms with Gasteiger partial charge in [-0.2, -0.15) is 0 Å². The van der Waals surface area contributed by atoms with Crippen LogP contribution in [0.3, 0.4) is 0 Å². The minimum absolute atomic E-state index is 0.0451. The molecule has 0 aliphatic rings. The molecule has 6 heteroatoms. The van der Waals surface area contributed by atoms with E-state index in [9.17, 15) is 8.78 Å². The lowest BCUT2D eigenvalue weighted by molar-refractivity contribution is 0.261. The summed E-state index contributed by atoms with van der Waals surface area (Å²) >= 11 is 0. The normalized spacial score (nSPS) is 10.7. The molecular formula is C13H14F2N2O2. The molecule has 102 valence electrons. The largest absolute Gasteiger partial charge is 0.481 e. The van der Waals surface area contributed by atoms with Crippen molar-refractivity contribution in [3.05, 3.63) is 46.9 Å².